The highest BCUT2D eigenvalue weighted by molar-refractivity contribution is 6.29. The van der Waals surface area contributed by atoms with E-state index >= 15 is 0 Å². The van der Waals surface area contributed by atoms with Gasteiger partial charge in [0.2, 0.25) is 0 Å². The number of pyridine rings is 1. The van der Waals surface area contributed by atoms with Gasteiger partial charge in [0.15, 0.2) is 5.82 Å². The smallest absolute Gasteiger partial charge is 0.153 e. The summed E-state index contributed by atoms with van der Waals surface area (Å²) in [4.78, 5) is 9.59. The molecular formula is C19H27ClN4. The van der Waals surface area contributed by atoms with Crippen molar-refractivity contribution in [3.05, 3.63) is 16.8 Å². The maximum Gasteiger partial charge on any atom is 0.153 e. The molecule has 3 heterocycles. The fourth-order valence-corrected chi connectivity index (χ4v) is 4.97. The molecule has 0 bridgehead atoms. The van der Waals surface area contributed by atoms with E-state index in [0.717, 1.165) is 42.3 Å². The van der Waals surface area contributed by atoms with Gasteiger partial charge in [-0.1, -0.05) is 11.6 Å². The monoisotopic (exact) mass is 346 g/mol. The molecule has 1 aromatic heterocycles. The average Bonchev–Trinajstić information content (AvgIpc) is 3.50. The van der Waals surface area contributed by atoms with E-state index < -0.39 is 0 Å². The summed E-state index contributed by atoms with van der Waals surface area (Å²) >= 11 is 6.37. The van der Waals surface area contributed by atoms with Gasteiger partial charge >= 0.3 is 0 Å². The third-order valence-electron chi connectivity index (χ3n) is 6.56. The van der Waals surface area contributed by atoms with Crippen molar-refractivity contribution in [1.82, 2.24) is 9.88 Å². The molecule has 2 saturated heterocycles. The van der Waals surface area contributed by atoms with Crippen LogP contribution in [0.3, 0.4) is 0 Å². The molecule has 5 heteroatoms. The summed E-state index contributed by atoms with van der Waals surface area (Å²) < 4.78 is 0. The molecule has 0 radical (unpaired) electrons. The van der Waals surface area contributed by atoms with E-state index in [1.165, 1.54) is 57.3 Å². The van der Waals surface area contributed by atoms with Crippen molar-refractivity contribution in [3.63, 3.8) is 0 Å². The molecule has 0 spiro atoms. The van der Waals surface area contributed by atoms with Gasteiger partial charge in [0.1, 0.15) is 5.15 Å². The quantitative estimate of drug-likeness (QED) is 0.849. The number of hydrogen-bond acceptors (Lipinski definition) is 4. The molecule has 2 N–H and O–H groups in total. The maximum absolute atomic E-state index is 6.57. The second-order valence-corrected chi connectivity index (χ2v) is 8.84. The standard InChI is InChI=1S/C19H27ClN4/c20-17-8-16(13-3-5-23(6-4-13)9-12-1-2-12)18(21)19(22-17)24-10-14-7-15(14)11-24/h8,12-15H,1-7,9-11,21H2. The number of anilines is 2. The Bertz CT molecular complexity index is 626. The molecule has 1 aromatic rings. The lowest BCUT2D eigenvalue weighted by atomic mass is 9.88. The highest BCUT2D eigenvalue weighted by Gasteiger charge is 2.46. The summed E-state index contributed by atoms with van der Waals surface area (Å²) in [6, 6.07) is 2.03. The SMILES string of the molecule is Nc1c(C2CCN(CC3CC3)CC2)cc(Cl)nc1N1CC2CC2C1. The van der Waals surface area contributed by atoms with Gasteiger partial charge in [-0.3, -0.25) is 0 Å². The number of fused-ring (bicyclic) bond motifs is 1. The van der Waals surface area contributed by atoms with E-state index in [2.05, 4.69) is 14.8 Å². The van der Waals surface area contributed by atoms with Gasteiger partial charge < -0.3 is 15.5 Å². The summed E-state index contributed by atoms with van der Waals surface area (Å²) in [5, 5.41) is 0.607. The number of hydrogen-bond donors (Lipinski definition) is 1. The van der Waals surface area contributed by atoms with Gasteiger partial charge in [-0.05, 0) is 80.5 Å². The number of aromatic nitrogens is 1. The van der Waals surface area contributed by atoms with Crippen LogP contribution in [0.15, 0.2) is 6.07 Å². The fraction of sp³-hybridized carbons (Fsp3) is 0.737. The zero-order valence-electron chi connectivity index (χ0n) is 14.3. The Morgan fingerprint density at radius 3 is 2.50 bits per heavy atom. The van der Waals surface area contributed by atoms with Crippen LogP contribution in [0.5, 0.6) is 0 Å². The van der Waals surface area contributed by atoms with E-state index in [-0.39, 0.29) is 0 Å². The Labute approximate surface area is 149 Å². The molecule has 2 aliphatic heterocycles. The van der Waals surface area contributed by atoms with Crippen molar-refractivity contribution in [3.8, 4) is 0 Å². The largest absolute Gasteiger partial charge is 0.396 e. The van der Waals surface area contributed by atoms with Crippen molar-refractivity contribution in [2.75, 3.05) is 43.4 Å². The lowest BCUT2D eigenvalue weighted by molar-refractivity contribution is 0.205. The minimum atomic E-state index is 0.539. The molecular weight excluding hydrogens is 320 g/mol. The van der Waals surface area contributed by atoms with Crippen LogP contribution in [0.1, 0.15) is 43.6 Å². The number of nitrogens with zero attached hydrogens (tertiary/aromatic N) is 3. The third kappa shape index (κ3) is 2.88. The molecule has 130 valence electrons. The Kier molecular flexibility index (Phi) is 3.67. The van der Waals surface area contributed by atoms with Gasteiger partial charge in [0, 0.05) is 19.6 Å². The molecule has 0 aromatic carbocycles. The molecule has 2 unspecified atom stereocenters. The Morgan fingerprint density at radius 1 is 1.12 bits per heavy atom. The van der Waals surface area contributed by atoms with E-state index in [0.29, 0.717) is 11.1 Å². The number of nitrogens with two attached hydrogens (primary N) is 1. The van der Waals surface area contributed by atoms with Crippen LogP contribution in [0.2, 0.25) is 5.15 Å². The molecule has 4 nitrogen and oxygen atoms in total. The zero-order valence-corrected chi connectivity index (χ0v) is 15.0. The minimum Gasteiger partial charge on any atom is -0.396 e. The van der Waals surface area contributed by atoms with E-state index in [9.17, 15) is 0 Å². The predicted octanol–water partition coefficient (Wildman–Crippen LogP) is 3.36. The topological polar surface area (TPSA) is 45.4 Å². The highest BCUT2D eigenvalue weighted by Crippen LogP contribution is 2.48. The summed E-state index contributed by atoms with van der Waals surface area (Å²) in [5.74, 6) is 4.22. The number of likely N-dealkylation sites (tertiary alicyclic amines) is 1. The fourth-order valence-electron chi connectivity index (χ4n) is 4.77. The molecule has 5 rings (SSSR count). The lowest BCUT2D eigenvalue weighted by Gasteiger charge is -2.33. The first kappa shape index (κ1) is 15.3. The third-order valence-corrected chi connectivity index (χ3v) is 6.75. The number of halogens is 1. The normalized spacial score (nSPS) is 30.6. The second-order valence-electron chi connectivity index (χ2n) is 8.45. The Hall–Kier alpha value is -1.00. The summed E-state index contributed by atoms with van der Waals surface area (Å²) in [7, 11) is 0. The molecule has 24 heavy (non-hydrogen) atoms. The van der Waals surface area contributed by atoms with Crippen LogP contribution in [0, 0.1) is 17.8 Å². The molecule has 4 aliphatic rings. The van der Waals surface area contributed by atoms with Gasteiger partial charge in [-0.15, -0.1) is 0 Å². The summed E-state index contributed by atoms with van der Waals surface area (Å²) in [5.41, 5.74) is 8.71. The van der Waals surface area contributed by atoms with Crippen LogP contribution in [0.4, 0.5) is 11.5 Å². The molecule has 4 fully saturated rings. The average molecular weight is 347 g/mol. The zero-order chi connectivity index (χ0) is 16.3. The maximum atomic E-state index is 6.57. The molecule has 0 amide bonds. The Morgan fingerprint density at radius 2 is 1.83 bits per heavy atom. The second kappa shape index (κ2) is 5.77. The highest BCUT2D eigenvalue weighted by atomic mass is 35.5. The first-order valence-corrected chi connectivity index (χ1v) is 9.98. The van der Waals surface area contributed by atoms with Crippen molar-refractivity contribution in [2.24, 2.45) is 17.8 Å². The van der Waals surface area contributed by atoms with Crippen molar-refractivity contribution < 1.29 is 0 Å². The number of piperidine rings is 2. The van der Waals surface area contributed by atoms with Gasteiger partial charge in [0.25, 0.3) is 0 Å². The lowest BCUT2D eigenvalue weighted by Crippen LogP contribution is -2.34. The van der Waals surface area contributed by atoms with Gasteiger partial charge in [-0.25, -0.2) is 4.98 Å². The van der Waals surface area contributed by atoms with Crippen LogP contribution in [-0.4, -0.2) is 42.6 Å². The van der Waals surface area contributed by atoms with E-state index in [4.69, 9.17) is 17.3 Å². The molecule has 2 aliphatic carbocycles. The van der Waals surface area contributed by atoms with Gasteiger partial charge in [-0.2, -0.15) is 0 Å². The van der Waals surface area contributed by atoms with Crippen molar-refractivity contribution >= 4 is 23.1 Å². The van der Waals surface area contributed by atoms with Crippen LogP contribution in [-0.2, 0) is 0 Å². The van der Waals surface area contributed by atoms with E-state index in [1.54, 1.807) is 0 Å². The first-order valence-electron chi connectivity index (χ1n) is 9.60. The van der Waals surface area contributed by atoms with Gasteiger partial charge in [0.05, 0.1) is 5.69 Å². The van der Waals surface area contributed by atoms with Crippen molar-refractivity contribution in [1.29, 1.82) is 0 Å². The van der Waals surface area contributed by atoms with E-state index in [1.807, 2.05) is 6.07 Å². The number of rotatable bonds is 4. The minimum absolute atomic E-state index is 0.539. The Balaban J connectivity index is 1.32. The number of nitrogen functional groups attached to an aromatic ring is 1. The van der Waals surface area contributed by atoms with Crippen LogP contribution < -0.4 is 10.6 Å². The molecule has 2 atom stereocenters. The van der Waals surface area contributed by atoms with Crippen LogP contribution in [0.25, 0.3) is 0 Å². The summed E-state index contributed by atoms with van der Waals surface area (Å²) in [6.45, 7) is 5.93. The van der Waals surface area contributed by atoms with Crippen LogP contribution >= 0.6 is 11.6 Å². The molecule has 2 saturated carbocycles. The predicted molar refractivity (Wildman–Crippen MR) is 98.6 cm³/mol. The first-order chi connectivity index (χ1) is 11.7. The summed E-state index contributed by atoms with van der Waals surface area (Å²) in [6.07, 6.45) is 6.66. The van der Waals surface area contributed by atoms with Crippen molar-refractivity contribution in [2.45, 2.75) is 38.0 Å².